The van der Waals surface area contributed by atoms with Gasteiger partial charge in [0.1, 0.15) is 5.54 Å². The van der Waals surface area contributed by atoms with Crippen LogP contribution < -0.4 is 0 Å². The summed E-state index contributed by atoms with van der Waals surface area (Å²) >= 11 is 0. The summed E-state index contributed by atoms with van der Waals surface area (Å²) in [5.74, 6) is 0.971. The van der Waals surface area contributed by atoms with Gasteiger partial charge in [0.25, 0.3) is 0 Å². The second kappa shape index (κ2) is 3.85. The molecular formula is C16H28N+. The summed E-state index contributed by atoms with van der Waals surface area (Å²) in [5, 5.41) is 0. The van der Waals surface area contributed by atoms with Crippen LogP contribution in [-0.2, 0) is 0 Å². The Morgan fingerprint density at radius 1 is 1.24 bits per heavy atom. The van der Waals surface area contributed by atoms with Crippen LogP contribution in [0.15, 0.2) is 11.1 Å². The molecule has 1 fully saturated rings. The van der Waals surface area contributed by atoms with E-state index in [9.17, 15) is 0 Å². The average molecular weight is 234 g/mol. The van der Waals surface area contributed by atoms with Crippen molar-refractivity contribution >= 4 is 0 Å². The molecule has 1 saturated heterocycles. The van der Waals surface area contributed by atoms with Gasteiger partial charge in [0.15, 0.2) is 0 Å². The third-order valence-electron chi connectivity index (χ3n) is 6.26. The summed E-state index contributed by atoms with van der Waals surface area (Å²) in [6.45, 7) is 7.81. The Bertz CT molecular complexity index is 357. The standard InChI is InChI=1S/C16H28N/c1-4-13-11-16(2)15-8-6-5-7-14(15)9-10-17(16,3)12-13/h13H,4-12H2,1-3H3/q+1/t13-,16+,17?/m0/s1. The Morgan fingerprint density at radius 2 is 2.00 bits per heavy atom. The third kappa shape index (κ3) is 1.54. The maximum Gasteiger partial charge on any atom is 0.118 e. The van der Waals surface area contributed by atoms with E-state index >= 15 is 0 Å². The molecule has 0 spiro atoms. The van der Waals surface area contributed by atoms with Gasteiger partial charge in [-0.2, -0.15) is 0 Å². The molecule has 0 amide bonds. The van der Waals surface area contributed by atoms with Crippen molar-refractivity contribution in [1.29, 1.82) is 0 Å². The van der Waals surface area contributed by atoms with Crippen LogP contribution >= 0.6 is 0 Å². The van der Waals surface area contributed by atoms with Crippen LogP contribution in [0, 0.1) is 5.92 Å². The monoisotopic (exact) mass is 234 g/mol. The number of hydrogen-bond acceptors (Lipinski definition) is 0. The van der Waals surface area contributed by atoms with Crippen molar-refractivity contribution in [3.8, 4) is 0 Å². The number of rotatable bonds is 1. The lowest BCUT2D eigenvalue weighted by Crippen LogP contribution is -2.60. The summed E-state index contributed by atoms with van der Waals surface area (Å²) in [7, 11) is 2.54. The van der Waals surface area contributed by atoms with Gasteiger partial charge in [-0.05, 0) is 44.6 Å². The van der Waals surface area contributed by atoms with Gasteiger partial charge in [-0.3, -0.25) is 0 Å². The Morgan fingerprint density at radius 3 is 2.76 bits per heavy atom. The van der Waals surface area contributed by atoms with Crippen molar-refractivity contribution < 1.29 is 4.48 Å². The van der Waals surface area contributed by atoms with Crippen LogP contribution in [0.2, 0.25) is 0 Å². The molecule has 0 N–H and O–H groups in total. The van der Waals surface area contributed by atoms with Gasteiger partial charge in [-0.1, -0.05) is 12.5 Å². The zero-order valence-corrected chi connectivity index (χ0v) is 11.9. The topological polar surface area (TPSA) is 0 Å². The molecule has 1 unspecified atom stereocenters. The average Bonchev–Trinajstić information content (AvgIpc) is 2.62. The van der Waals surface area contributed by atoms with Crippen LogP contribution in [-0.4, -0.2) is 30.2 Å². The first-order valence-corrected chi connectivity index (χ1v) is 7.65. The van der Waals surface area contributed by atoms with Gasteiger partial charge >= 0.3 is 0 Å². The molecule has 0 saturated carbocycles. The minimum atomic E-state index is 0.509. The lowest BCUT2D eigenvalue weighted by molar-refractivity contribution is -0.942. The zero-order chi connectivity index (χ0) is 12.1. The number of hydrogen-bond donors (Lipinski definition) is 0. The molecule has 2 heterocycles. The minimum absolute atomic E-state index is 0.509. The van der Waals surface area contributed by atoms with Crippen molar-refractivity contribution in [3.05, 3.63) is 11.1 Å². The summed E-state index contributed by atoms with van der Waals surface area (Å²) in [4.78, 5) is 0. The lowest BCUT2D eigenvalue weighted by atomic mass is 9.73. The molecule has 0 aromatic rings. The maximum atomic E-state index is 2.59. The molecule has 1 heteroatoms. The molecular weight excluding hydrogens is 206 g/mol. The van der Waals surface area contributed by atoms with Gasteiger partial charge in [0, 0.05) is 18.8 Å². The number of likely N-dealkylation sites (N-methyl/N-ethyl adjacent to an activating group) is 1. The van der Waals surface area contributed by atoms with Gasteiger partial charge in [0.05, 0.1) is 20.1 Å². The Kier molecular flexibility index (Phi) is 2.66. The highest BCUT2D eigenvalue weighted by Crippen LogP contribution is 2.52. The largest absolute Gasteiger partial charge is 0.317 e. The fourth-order valence-corrected chi connectivity index (χ4v) is 4.95. The molecule has 3 atom stereocenters. The van der Waals surface area contributed by atoms with Crippen molar-refractivity contribution in [1.82, 2.24) is 0 Å². The fourth-order valence-electron chi connectivity index (χ4n) is 4.95. The van der Waals surface area contributed by atoms with E-state index in [0.29, 0.717) is 5.54 Å². The predicted octanol–water partition coefficient (Wildman–Crippen LogP) is 3.90. The number of quaternary nitrogens is 1. The second-order valence-corrected chi connectivity index (χ2v) is 7.09. The van der Waals surface area contributed by atoms with Crippen LogP contribution in [0.25, 0.3) is 0 Å². The molecule has 3 aliphatic rings. The van der Waals surface area contributed by atoms with E-state index in [1.807, 2.05) is 11.1 Å². The quantitative estimate of drug-likeness (QED) is 0.477. The third-order valence-corrected chi connectivity index (χ3v) is 6.26. The van der Waals surface area contributed by atoms with Crippen LogP contribution in [0.5, 0.6) is 0 Å². The lowest BCUT2D eigenvalue weighted by Gasteiger charge is -2.51. The zero-order valence-electron chi connectivity index (χ0n) is 11.9. The van der Waals surface area contributed by atoms with Gasteiger partial charge in [-0.25, -0.2) is 0 Å². The summed E-state index contributed by atoms with van der Waals surface area (Å²) < 4.78 is 1.35. The maximum absolute atomic E-state index is 2.59. The Balaban J connectivity index is 2.01. The van der Waals surface area contributed by atoms with E-state index in [1.165, 1.54) is 62.5 Å². The SMILES string of the molecule is CC[C@H]1C[C@]2(C)C3=C(CCCC3)CC[N+]2(C)C1. The summed E-state index contributed by atoms with van der Waals surface area (Å²) in [5.41, 5.74) is 4.27. The van der Waals surface area contributed by atoms with Gasteiger partial charge in [-0.15, -0.1) is 0 Å². The molecule has 17 heavy (non-hydrogen) atoms. The first-order chi connectivity index (χ1) is 8.09. The fraction of sp³-hybridized carbons (Fsp3) is 0.875. The second-order valence-electron chi connectivity index (χ2n) is 7.09. The molecule has 0 aromatic heterocycles. The molecule has 0 aromatic carbocycles. The summed E-state index contributed by atoms with van der Waals surface area (Å²) in [6.07, 6.45) is 9.97. The summed E-state index contributed by atoms with van der Waals surface area (Å²) in [6, 6.07) is 0. The Hall–Kier alpha value is -0.300. The van der Waals surface area contributed by atoms with Crippen molar-refractivity contribution in [3.63, 3.8) is 0 Å². The van der Waals surface area contributed by atoms with E-state index in [1.54, 1.807) is 0 Å². The van der Waals surface area contributed by atoms with Gasteiger partial charge < -0.3 is 4.48 Å². The molecule has 2 aliphatic heterocycles. The van der Waals surface area contributed by atoms with Crippen molar-refractivity contribution in [2.75, 3.05) is 20.1 Å². The molecule has 1 aliphatic carbocycles. The smallest absolute Gasteiger partial charge is 0.118 e. The van der Waals surface area contributed by atoms with Crippen molar-refractivity contribution in [2.24, 2.45) is 5.92 Å². The van der Waals surface area contributed by atoms with E-state index in [0.717, 1.165) is 5.92 Å². The van der Waals surface area contributed by atoms with Crippen LogP contribution in [0.3, 0.4) is 0 Å². The molecule has 1 nitrogen and oxygen atoms in total. The normalized spacial score (nSPS) is 45.7. The highest BCUT2D eigenvalue weighted by Gasteiger charge is 2.56. The van der Waals surface area contributed by atoms with E-state index in [4.69, 9.17) is 0 Å². The highest BCUT2D eigenvalue weighted by atomic mass is 15.4. The minimum Gasteiger partial charge on any atom is -0.317 e. The van der Waals surface area contributed by atoms with Crippen molar-refractivity contribution in [2.45, 2.75) is 64.3 Å². The molecule has 0 radical (unpaired) electrons. The van der Waals surface area contributed by atoms with E-state index in [-0.39, 0.29) is 0 Å². The number of fused-ring (bicyclic) bond motifs is 2. The first kappa shape index (κ1) is 11.8. The van der Waals surface area contributed by atoms with E-state index in [2.05, 4.69) is 20.9 Å². The van der Waals surface area contributed by atoms with Gasteiger partial charge in [0.2, 0.25) is 0 Å². The van der Waals surface area contributed by atoms with Crippen LogP contribution in [0.4, 0.5) is 0 Å². The Labute approximate surface area is 106 Å². The number of nitrogens with zero attached hydrogens (tertiary/aromatic N) is 1. The van der Waals surface area contributed by atoms with Crippen LogP contribution in [0.1, 0.15) is 58.8 Å². The first-order valence-electron chi connectivity index (χ1n) is 7.65. The van der Waals surface area contributed by atoms with E-state index < -0.39 is 0 Å². The highest BCUT2D eigenvalue weighted by molar-refractivity contribution is 5.29. The molecule has 96 valence electrons. The predicted molar refractivity (Wildman–Crippen MR) is 72.8 cm³/mol. The molecule has 3 rings (SSSR count). The molecule has 0 bridgehead atoms.